The molecule has 0 amide bonds. The molecule has 0 saturated heterocycles. The highest BCUT2D eigenvalue weighted by atomic mass is 16.5. The maximum atomic E-state index is 5.83. The first kappa shape index (κ1) is 14.3. The van der Waals surface area contributed by atoms with Crippen LogP contribution in [0.15, 0.2) is 0 Å². The lowest BCUT2D eigenvalue weighted by Gasteiger charge is -2.25. The van der Waals surface area contributed by atoms with E-state index in [9.17, 15) is 0 Å². The quantitative estimate of drug-likeness (QED) is 0.632. The van der Waals surface area contributed by atoms with Crippen LogP contribution in [0, 0.1) is 11.8 Å². The Morgan fingerprint density at radius 1 is 1.00 bits per heavy atom. The van der Waals surface area contributed by atoms with Crippen LogP contribution >= 0.6 is 0 Å². The maximum absolute atomic E-state index is 5.83. The van der Waals surface area contributed by atoms with Crippen molar-refractivity contribution in [3.8, 4) is 0 Å². The van der Waals surface area contributed by atoms with Gasteiger partial charge in [0.2, 0.25) is 0 Å². The third kappa shape index (κ3) is 4.55. The summed E-state index contributed by atoms with van der Waals surface area (Å²) in [6.07, 6.45) is 12.4. The fraction of sp³-hybridized carbons (Fsp3) is 1.00. The van der Waals surface area contributed by atoms with Crippen LogP contribution in [0.1, 0.15) is 64.7 Å². The van der Waals surface area contributed by atoms with Crippen molar-refractivity contribution in [3.05, 3.63) is 0 Å². The Balaban J connectivity index is 1.49. The summed E-state index contributed by atoms with van der Waals surface area (Å²) in [6.45, 7) is 5.43. The van der Waals surface area contributed by atoms with Gasteiger partial charge in [0.1, 0.15) is 0 Å². The van der Waals surface area contributed by atoms with E-state index < -0.39 is 0 Å². The Morgan fingerprint density at radius 2 is 1.78 bits per heavy atom. The van der Waals surface area contributed by atoms with E-state index in [1.165, 1.54) is 64.3 Å². The molecule has 2 fully saturated rings. The van der Waals surface area contributed by atoms with Crippen LogP contribution in [0.4, 0.5) is 0 Å². The second kappa shape index (κ2) is 8.16. The van der Waals surface area contributed by atoms with Crippen LogP contribution in [0.5, 0.6) is 0 Å². The molecule has 0 radical (unpaired) electrons. The summed E-state index contributed by atoms with van der Waals surface area (Å²) in [4.78, 5) is 0. The molecular weight excluding hydrogens is 222 g/mol. The Morgan fingerprint density at radius 3 is 2.50 bits per heavy atom. The van der Waals surface area contributed by atoms with Crippen molar-refractivity contribution in [2.45, 2.75) is 70.8 Å². The van der Waals surface area contributed by atoms with Gasteiger partial charge in [-0.2, -0.15) is 0 Å². The molecule has 2 rings (SSSR count). The van der Waals surface area contributed by atoms with Gasteiger partial charge in [0.25, 0.3) is 0 Å². The normalized spacial score (nSPS) is 28.5. The molecule has 0 bridgehead atoms. The van der Waals surface area contributed by atoms with Crippen molar-refractivity contribution in [1.82, 2.24) is 5.32 Å². The zero-order valence-electron chi connectivity index (χ0n) is 12.1. The van der Waals surface area contributed by atoms with Crippen molar-refractivity contribution in [3.63, 3.8) is 0 Å². The van der Waals surface area contributed by atoms with Gasteiger partial charge in [0, 0.05) is 19.3 Å². The van der Waals surface area contributed by atoms with Gasteiger partial charge in [-0.05, 0) is 50.5 Å². The van der Waals surface area contributed by atoms with Crippen molar-refractivity contribution >= 4 is 0 Å². The molecule has 2 atom stereocenters. The summed E-state index contributed by atoms with van der Waals surface area (Å²) in [6, 6.07) is 0.778. The average Bonchev–Trinajstić information content (AvgIpc) is 2.76. The first-order valence-corrected chi connectivity index (χ1v) is 8.21. The number of hydrogen-bond acceptors (Lipinski definition) is 2. The maximum Gasteiger partial charge on any atom is 0.0469 e. The molecule has 1 N–H and O–H groups in total. The molecule has 0 spiro atoms. The Hall–Kier alpha value is -0.0800. The highest BCUT2D eigenvalue weighted by molar-refractivity contribution is 4.82. The molecule has 2 heteroatoms. The summed E-state index contributed by atoms with van der Waals surface area (Å²) < 4.78 is 5.83. The average molecular weight is 253 g/mol. The van der Waals surface area contributed by atoms with Crippen LogP contribution in [0.2, 0.25) is 0 Å². The molecule has 0 heterocycles. The Kier molecular flexibility index (Phi) is 6.50. The molecular formula is C16H31NO. The van der Waals surface area contributed by atoms with Gasteiger partial charge in [-0.25, -0.2) is 0 Å². The zero-order valence-corrected chi connectivity index (χ0v) is 12.1. The predicted molar refractivity (Wildman–Crippen MR) is 76.8 cm³/mol. The summed E-state index contributed by atoms with van der Waals surface area (Å²) in [5.74, 6) is 1.87. The van der Waals surface area contributed by atoms with E-state index in [1.54, 1.807) is 0 Å². The second-order valence-corrected chi connectivity index (χ2v) is 6.24. The van der Waals surface area contributed by atoms with Gasteiger partial charge in [0.15, 0.2) is 0 Å². The zero-order chi connectivity index (χ0) is 12.6. The molecule has 2 aliphatic rings. The standard InChI is InChI=1S/C16H31NO/c1-2-11-17-16-8-4-7-15(16)10-13-18-12-9-14-5-3-6-14/h14-17H,2-13H2,1H3. The van der Waals surface area contributed by atoms with E-state index in [0.717, 1.165) is 31.1 Å². The van der Waals surface area contributed by atoms with Crippen LogP contribution in [-0.2, 0) is 4.74 Å². The van der Waals surface area contributed by atoms with Gasteiger partial charge in [-0.1, -0.05) is 32.6 Å². The highest BCUT2D eigenvalue weighted by Crippen LogP contribution is 2.30. The van der Waals surface area contributed by atoms with Gasteiger partial charge in [0.05, 0.1) is 0 Å². The number of hydrogen-bond donors (Lipinski definition) is 1. The van der Waals surface area contributed by atoms with Crippen LogP contribution < -0.4 is 5.32 Å². The summed E-state index contributed by atoms with van der Waals surface area (Å²) >= 11 is 0. The van der Waals surface area contributed by atoms with E-state index in [4.69, 9.17) is 4.74 Å². The molecule has 2 aliphatic carbocycles. The molecule has 0 aromatic rings. The van der Waals surface area contributed by atoms with E-state index in [-0.39, 0.29) is 0 Å². The molecule has 106 valence electrons. The van der Waals surface area contributed by atoms with E-state index in [0.29, 0.717) is 0 Å². The number of ether oxygens (including phenoxy) is 1. The molecule has 0 aromatic carbocycles. The van der Waals surface area contributed by atoms with Crippen LogP contribution in [0.25, 0.3) is 0 Å². The summed E-state index contributed by atoms with van der Waals surface area (Å²) in [5.41, 5.74) is 0. The van der Waals surface area contributed by atoms with Gasteiger partial charge >= 0.3 is 0 Å². The van der Waals surface area contributed by atoms with Crippen molar-refractivity contribution < 1.29 is 4.74 Å². The first-order valence-electron chi connectivity index (χ1n) is 8.21. The minimum Gasteiger partial charge on any atom is -0.381 e. The molecule has 18 heavy (non-hydrogen) atoms. The third-order valence-corrected chi connectivity index (χ3v) is 4.84. The van der Waals surface area contributed by atoms with Gasteiger partial charge in [-0.15, -0.1) is 0 Å². The fourth-order valence-corrected chi connectivity index (χ4v) is 3.35. The van der Waals surface area contributed by atoms with Crippen molar-refractivity contribution in [2.75, 3.05) is 19.8 Å². The lowest BCUT2D eigenvalue weighted by molar-refractivity contribution is 0.0936. The van der Waals surface area contributed by atoms with Crippen molar-refractivity contribution in [1.29, 1.82) is 0 Å². The molecule has 0 aliphatic heterocycles. The van der Waals surface area contributed by atoms with E-state index >= 15 is 0 Å². The third-order valence-electron chi connectivity index (χ3n) is 4.84. The molecule has 0 aromatic heterocycles. The largest absolute Gasteiger partial charge is 0.381 e. The minimum absolute atomic E-state index is 0.778. The molecule has 2 unspecified atom stereocenters. The van der Waals surface area contributed by atoms with Crippen LogP contribution in [-0.4, -0.2) is 25.8 Å². The smallest absolute Gasteiger partial charge is 0.0469 e. The Labute approximate surface area is 113 Å². The SMILES string of the molecule is CCCNC1CCCC1CCOCCC1CCC1. The highest BCUT2D eigenvalue weighted by Gasteiger charge is 2.26. The summed E-state index contributed by atoms with van der Waals surface area (Å²) in [5, 5.41) is 3.70. The van der Waals surface area contributed by atoms with Crippen molar-refractivity contribution in [2.24, 2.45) is 11.8 Å². The Bertz CT molecular complexity index is 215. The van der Waals surface area contributed by atoms with Gasteiger partial charge < -0.3 is 10.1 Å². The lowest BCUT2D eigenvalue weighted by Crippen LogP contribution is -2.33. The number of rotatable bonds is 9. The monoisotopic (exact) mass is 253 g/mol. The minimum atomic E-state index is 0.778. The van der Waals surface area contributed by atoms with Gasteiger partial charge in [-0.3, -0.25) is 0 Å². The first-order chi connectivity index (χ1) is 8.90. The fourth-order valence-electron chi connectivity index (χ4n) is 3.35. The predicted octanol–water partition coefficient (Wildman–Crippen LogP) is 3.75. The van der Waals surface area contributed by atoms with E-state index in [2.05, 4.69) is 12.2 Å². The topological polar surface area (TPSA) is 21.3 Å². The van der Waals surface area contributed by atoms with E-state index in [1.807, 2.05) is 0 Å². The molecule has 2 saturated carbocycles. The summed E-state index contributed by atoms with van der Waals surface area (Å²) in [7, 11) is 0. The molecule has 2 nitrogen and oxygen atoms in total. The lowest BCUT2D eigenvalue weighted by atomic mass is 9.83. The second-order valence-electron chi connectivity index (χ2n) is 6.24. The number of nitrogens with one attached hydrogen (secondary N) is 1. The van der Waals surface area contributed by atoms with Crippen LogP contribution in [0.3, 0.4) is 0 Å².